The van der Waals surface area contributed by atoms with Crippen molar-refractivity contribution in [2.45, 2.75) is 43.8 Å². The van der Waals surface area contributed by atoms with Crippen molar-refractivity contribution in [1.29, 1.82) is 0 Å². The monoisotopic (exact) mass is 596 g/mol. The number of halogens is 5. The molecular weight excluding hydrogens is 575 g/mol. The first-order chi connectivity index (χ1) is 20.5. The molecule has 3 aliphatic rings. The van der Waals surface area contributed by atoms with Gasteiger partial charge in [-0.2, -0.15) is 22.0 Å². The van der Waals surface area contributed by atoms with Crippen LogP contribution < -0.4 is 9.64 Å². The summed E-state index contributed by atoms with van der Waals surface area (Å²) in [6, 6.07) is 9.96. The number of benzene rings is 2. The summed E-state index contributed by atoms with van der Waals surface area (Å²) in [7, 11) is 0. The van der Waals surface area contributed by atoms with E-state index in [2.05, 4.69) is 20.2 Å². The van der Waals surface area contributed by atoms with Crippen molar-refractivity contribution in [2.24, 2.45) is 0 Å². The van der Waals surface area contributed by atoms with Crippen LogP contribution in [0.4, 0.5) is 27.9 Å². The molecule has 1 fully saturated rings. The Morgan fingerprint density at radius 1 is 1.00 bits per heavy atom. The first-order valence-corrected chi connectivity index (χ1v) is 13.4. The fourth-order valence-corrected chi connectivity index (χ4v) is 6.49. The number of aromatic nitrogens is 7. The van der Waals surface area contributed by atoms with E-state index >= 15 is 0 Å². The van der Waals surface area contributed by atoms with Crippen LogP contribution in [0, 0.1) is 6.92 Å². The summed E-state index contributed by atoms with van der Waals surface area (Å²) in [5.74, 6) is 2.11. The predicted molar refractivity (Wildman–Crippen MR) is 142 cm³/mol. The average molecular weight is 597 g/mol. The molecule has 0 amide bonds. The van der Waals surface area contributed by atoms with Gasteiger partial charge in [0.1, 0.15) is 17.4 Å². The number of hydrogen-bond donors (Lipinski definition) is 1. The van der Waals surface area contributed by atoms with Gasteiger partial charge in [0.2, 0.25) is 5.95 Å². The van der Waals surface area contributed by atoms with Crippen molar-refractivity contribution in [2.75, 3.05) is 18.0 Å². The predicted octanol–water partition coefficient (Wildman–Crippen LogP) is 4.67. The Kier molecular flexibility index (Phi) is 5.25. The van der Waals surface area contributed by atoms with Crippen LogP contribution in [0.2, 0.25) is 0 Å². The van der Waals surface area contributed by atoms with Crippen molar-refractivity contribution in [1.82, 2.24) is 34.3 Å². The van der Waals surface area contributed by atoms with Gasteiger partial charge < -0.3 is 23.9 Å². The molecule has 1 saturated heterocycles. The lowest BCUT2D eigenvalue weighted by Crippen LogP contribution is -2.69. The summed E-state index contributed by atoms with van der Waals surface area (Å²) in [6.45, 7) is -2.46. The molecule has 10 nitrogen and oxygen atoms in total. The quantitative estimate of drug-likeness (QED) is 0.299. The van der Waals surface area contributed by atoms with Crippen LogP contribution in [0.5, 0.6) is 5.75 Å². The fourth-order valence-electron chi connectivity index (χ4n) is 6.49. The summed E-state index contributed by atoms with van der Waals surface area (Å²) in [4.78, 5) is 14.7. The molecule has 0 saturated carbocycles. The largest absolute Gasteiger partial charge is 0.434 e. The van der Waals surface area contributed by atoms with Crippen LogP contribution in [0.15, 0.2) is 48.8 Å². The second-order valence-corrected chi connectivity index (χ2v) is 11.0. The lowest BCUT2D eigenvalue weighted by molar-refractivity contribution is -0.267. The highest BCUT2D eigenvalue weighted by Gasteiger charge is 2.61. The third-order valence-electron chi connectivity index (χ3n) is 8.49. The molecule has 1 N–H and O–H groups in total. The Bertz CT molecular complexity index is 1910. The molecule has 2 atom stereocenters. The number of anilines is 1. The van der Waals surface area contributed by atoms with Crippen molar-refractivity contribution < 1.29 is 31.8 Å². The van der Waals surface area contributed by atoms with Gasteiger partial charge >= 0.3 is 12.8 Å². The molecule has 5 aromatic rings. The van der Waals surface area contributed by atoms with Gasteiger partial charge in [0.25, 0.3) is 0 Å². The van der Waals surface area contributed by atoms with E-state index in [1.54, 1.807) is 6.07 Å². The number of hydrogen-bond acceptors (Lipinski definition) is 8. The molecule has 3 aliphatic heterocycles. The number of imidazole rings is 1. The molecular formula is C28H21F5N8O2. The van der Waals surface area contributed by atoms with E-state index in [1.807, 2.05) is 40.3 Å². The van der Waals surface area contributed by atoms with Crippen molar-refractivity contribution in [3.63, 3.8) is 0 Å². The van der Waals surface area contributed by atoms with Crippen molar-refractivity contribution >= 4 is 17.0 Å². The molecule has 220 valence electrons. The molecule has 0 unspecified atom stereocenters. The van der Waals surface area contributed by atoms with E-state index < -0.39 is 31.5 Å². The Labute approximate surface area is 239 Å². The molecule has 0 aliphatic carbocycles. The van der Waals surface area contributed by atoms with E-state index in [9.17, 15) is 27.1 Å². The summed E-state index contributed by atoms with van der Waals surface area (Å²) < 4.78 is 75.1. The number of ether oxygens (including phenoxy) is 1. The number of aryl methyl sites for hydroxylation is 1. The van der Waals surface area contributed by atoms with Gasteiger partial charge in [-0.1, -0.05) is 18.2 Å². The Hall–Kier alpha value is -4.66. The maximum Gasteiger partial charge on any atom is 0.420 e. The van der Waals surface area contributed by atoms with E-state index in [0.29, 0.717) is 40.3 Å². The van der Waals surface area contributed by atoms with Gasteiger partial charge in [0.05, 0.1) is 36.2 Å². The van der Waals surface area contributed by atoms with Gasteiger partial charge in [-0.3, -0.25) is 0 Å². The average Bonchev–Trinajstić information content (AvgIpc) is 3.58. The normalized spacial score (nSPS) is 20.0. The van der Waals surface area contributed by atoms with E-state index in [4.69, 9.17) is 9.72 Å². The molecule has 8 rings (SSSR count). The first-order valence-electron chi connectivity index (χ1n) is 13.4. The second-order valence-electron chi connectivity index (χ2n) is 11.0. The van der Waals surface area contributed by atoms with Gasteiger partial charge in [-0.05, 0) is 30.7 Å². The third-order valence-corrected chi connectivity index (χ3v) is 8.49. The van der Waals surface area contributed by atoms with Gasteiger partial charge in [0, 0.05) is 35.5 Å². The van der Waals surface area contributed by atoms with E-state index in [-0.39, 0.29) is 23.8 Å². The molecule has 0 radical (unpaired) electrons. The van der Waals surface area contributed by atoms with Crippen molar-refractivity contribution in [3.8, 4) is 28.3 Å². The molecule has 2 aromatic carbocycles. The zero-order valence-electron chi connectivity index (χ0n) is 22.3. The van der Waals surface area contributed by atoms with Crippen molar-refractivity contribution in [3.05, 3.63) is 66.0 Å². The smallest absolute Gasteiger partial charge is 0.420 e. The number of β-amino-alcohol motifs (C(OH)–C–C–N with tert-alkyl or cyclic N) is 1. The Morgan fingerprint density at radius 2 is 1.77 bits per heavy atom. The highest BCUT2D eigenvalue weighted by atomic mass is 19.4. The minimum absolute atomic E-state index is 0.0589. The third kappa shape index (κ3) is 3.70. The van der Waals surface area contributed by atoms with E-state index in [0.717, 1.165) is 16.9 Å². The highest BCUT2D eigenvalue weighted by molar-refractivity contribution is 5.84. The number of fused-ring (bicyclic) bond motifs is 6. The SMILES string of the molecule is Cc1nnc2n1[C@@H]1C[C@H](c3c(OC(F)F)cccc3-2)n2c1nc1ccc(-c3cnc(N4CC(O)(C(F)(F)F)C4)nc3)cc12. The number of alkyl halides is 5. The maximum absolute atomic E-state index is 13.5. The van der Waals surface area contributed by atoms with Gasteiger partial charge in [-0.15, -0.1) is 10.2 Å². The molecule has 0 spiro atoms. The van der Waals surface area contributed by atoms with Crippen LogP contribution >= 0.6 is 0 Å². The summed E-state index contributed by atoms with van der Waals surface area (Å²) in [6.07, 6.45) is -1.18. The Balaban J connectivity index is 1.21. The fraction of sp³-hybridized carbons (Fsp3) is 0.321. The summed E-state index contributed by atoms with van der Waals surface area (Å²) in [5.41, 5.74) is 1.26. The number of aliphatic hydroxyl groups is 1. The minimum Gasteiger partial charge on any atom is -0.434 e. The second kappa shape index (κ2) is 8.69. The topological polar surface area (TPSA) is 107 Å². The number of nitrogens with zero attached hydrogens (tertiary/aromatic N) is 8. The maximum atomic E-state index is 13.5. The molecule has 2 bridgehead atoms. The zero-order chi connectivity index (χ0) is 29.8. The van der Waals surface area contributed by atoms with Gasteiger partial charge in [0.15, 0.2) is 11.4 Å². The van der Waals surface area contributed by atoms with Gasteiger partial charge in [-0.25, -0.2) is 15.0 Å². The zero-order valence-corrected chi connectivity index (χ0v) is 22.3. The minimum atomic E-state index is -4.73. The lowest BCUT2D eigenvalue weighted by Gasteiger charge is -2.46. The standard InChI is InChI=1S/C28H21F5N8O2/c1-13-37-38-23-16-3-2-4-21(43-25(29)30)22(16)19-8-20(40(13)23)24-36-17-6-5-14(7-18(17)41(19)24)15-9-34-26(35-10-15)39-11-27(42,12-39)28(31,32)33/h2-7,9-10,19-20,25,42H,8,11-12H2,1H3/t19-,20-/m1/s1. The van der Waals surface area contributed by atoms with Crippen LogP contribution in [0.25, 0.3) is 33.5 Å². The highest BCUT2D eigenvalue weighted by Crippen LogP contribution is 2.52. The molecule has 6 heterocycles. The molecule has 15 heteroatoms. The van der Waals surface area contributed by atoms with E-state index in [1.165, 1.54) is 23.4 Å². The van der Waals surface area contributed by atoms with Crippen LogP contribution in [0.1, 0.15) is 35.7 Å². The Morgan fingerprint density at radius 3 is 2.49 bits per heavy atom. The molecule has 3 aromatic heterocycles. The summed E-state index contributed by atoms with van der Waals surface area (Å²) >= 11 is 0. The first kappa shape index (κ1) is 26.0. The molecule has 43 heavy (non-hydrogen) atoms. The summed E-state index contributed by atoms with van der Waals surface area (Å²) in [5, 5.41) is 18.4. The van der Waals surface area contributed by atoms with Crippen LogP contribution in [0.3, 0.4) is 0 Å². The van der Waals surface area contributed by atoms with Crippen LogP contribution in [-0.2, 0) is 0 Å². The number of rotatable bonds is 4. The lowest BCUT2D eigenvalue weighted by atomic mass is 9.94. The van der Waals surface area contributed by atoms with Crippen LogP contribution in [-0.4, -0.2) is 70.9 Å².